The summed E-state index contributed by atoms with van der Waals surface area (Å²) in [7, 11) is 0. The highest BCUT2D eigenvalue weighted by Crippen LogP contribution is 2.20. The molecular formula is C18H20O3. The van der Waals surface area contributed by atoms with Crippen LogP contribution in [0.3, 0.4) is 0 Å². The van der Waals surface area contributed by atoms with Gasteiger partial charge >= 0.3 is 5.97 Å². The molecule has 0 spiro atoms. The number of hydrogen-bond acceptors (Lipinski definition) is 3. The highest BCUT2D eigenvalue weighted by molar-refractivity contribution is 5.86. The lowest BCUT2D eigenvalue weighted by Crippen LogP contribution is -2.07. The minimum absolute atomic E-state index is 0.328. The van der Waals surface area contributed by atoms with E-state index in [2.05, 4.69) is 24.8 Å². The molecule has 21 heavy (non-hydrogen) atoms. The SMILES string of the molecule is C=C(C)C(=O)OCCCCOc1ccc2ccccc2c1. The van der Waals surface area contributed by atoms with Gasteiger partial charge in [-0.15, -0.1) is 0 Å². The number of carbonyl (C=O) groups is 1. The van der Waals surface area contributed by atoms with Crippen LogP contribution < -0.4 is 4.74 Å². The molecule has 0 fully saturated rings. The zero-order valence-electron chi connectivity index (χ0n) is 12.3. The van der Waals surface area contributed by atoms with Crippen molar-refractivity contribution >= 4 is 16.7 Å². The summed E-state index contributed by atoms with van der Waals surface area (Å²) in [6.07, 6.45) is 1.63. The van der Waals surface area contributed by atoms with Crippen LogP contribution in [-0.2, 0) is 9.53 Å². The summed E-state index contributed by atoms with van der Waals surface area (Å²) in [6, 6.07) is 14.3. The van der Waals surface area contributed by atoms with Gasteiger partial charge in [-0.1, -0.05) is 36.9 Å². The minimum atomic E-state index is -0.328. The molecule has 3 heteroatoms. The van der Waals surface area contributed by atoms with E-state index in [0.717, 1.165) is 18.6 Å². The maximum absolute atomic E-state index is 11.2. The Morgan fingerprint density at radius 1 is 1.05 bits per heavy atom. The maximum atomic E-state index is 11.2. The summed E-state index contributed by atoms with van der Waals surface area (Å²) in [5, 5.41) is 2.38. The molecule has 2 aromatic carbocycles. The third-order valence-electron chi connectivity index (χ3n) is 3.11. The topological polar surface area (TPSA) is 35.5 Å². The predicted molar refractivity (Wildman–Crippen MR) is 84.5 cm³/mol. The largest absolute Gasteiger partial charge is 0.494 e. The summed E-state index contributed by atoms with van der Waals surface area (Å²) in [6.45, 7) is 6.20. The normalized spacial score (nSPS) is 10.3. The number of carbonyl (C=O) groups excluding carboxylic acids is 1. The Morgan fingerprint density at radius 2 is 1.76 bits per heavy atom. The number of ether oxygens (including phenoxy) is 2. The van der Waals surface area contributed by atoms with Crippen molar-refractivity contribution in [3.8, 4) is 5.75 Å². The zero-order chi connectivity index (χ0) is 15.1. The molecule has 0 heterocycles. The average molecular weight is 284 g/mol. The Balaban J connectivity index is 1.70. The maximum Gasteiger partial charge on any atom is 0.333 e. The quantitative estimate of drug-likeness (QED) is 0.436. The second-order valence-electron chi connectivity index (χ2n) is 4.98. The van der Waals surface area contributed by atoms with Gasteiger partial charge in [-0.25, -0.2) is 4.79 Å². The Bertz CT molecular complexity index is 631. The third kappa shape index (κ3) is 4.63. The lowest BCUT2D eigenvalue weighted by Gasteiger charge is -2.08. The molecule has 0 N–H and O–H groups in total. The van der Waals surface area contributed by atoms with Crippen LogP contribution in [0, 0.1) is 0 Å². The van der Waals surface area contributed by atoms with E-state index in [1.807, 2.05) is 24.3 Å². The minimum Gasteiger partial charge on any atom is -0.494 e. The van der Waals surface area contributed by atoms with Gasteiger partial charge in [0, 0.05) is 5.57 Å². The van der Waals surface area contributed by atoms with Crippen molar-refractivity contribution < 1.29 is 14.3 Å². The standard InChI is InChI=1S/C18H20O3/c1-14(2)18(19)21-12-6-5-11-20-17-10-9-15-7-3-4-8-16(15)13-17/h3-4,7-10,13H,1,5-6,11-12H2,2H3. The molecule has 0 bridgehead atoms. The molecule has 0 saturated heterocycles. The molecule has 0 radical (unpaired) electrons. The molecule has 0 saturated carbocycles. The van der Waals surface area contributed by atoms with E-state index < -0.39 is 0 Å². The fourth-order valence-electron chi connectivity index (χ4n) is 1.94. The second-order valence-corrected chi connectivity index (χ2v) is 4.98. The van der Waals surface area contributed by atoms with E-state index in [1.165, 1.54) is 10.8 Å². The third-order valence-corrected chi connectivity index (χ3v) is 3.11. The number of benzene rings is 2. The van der Waals surface area contributed by atoms with Crippen LogP contribution in [0.4, 0.5) is 0 Å². The van der Waals surface area contributed by atoms with Gasteiger partial charge in [0.15, 0.2) is 0 Å². The summed E-state index contributed by atoms with van der Waals surface area (Å²) in [5.41, 5.74) is 0.433. The van der Waals surface area contributed by atoms with Crippen molar-refractivity contribution in [3.05, 3.63) is 54.6 Å². The van der Waals surface area contributed by atoms with Crippen molar-refractivity contribution in [2.24, 2.45) is 0 Å². The lowest BCUT2D eigenvalue weighted by atomic mass is 10.1. The molecule has 110 valence electrons. The molecule has 0 aliphatic rings. The highest BCUT2D eigenvalue weighted by Gasteiger charge is 2.02. The molecular weight excluding hydrogens is 264 g/mol. The average Bonchev–Trinajstić information content (AvgIpc) is 2.50. The summed E-state index contributed by atoms with van der Waals surface area (Å²) < 4.78 is 10.7. The van der Waals surface area contributed by atoms with Crippen LogP contribution in [0.5, 0.6) is 5.75 Å². The monoisotopic (exact) mass is 284 g/mol. The van der Waals surface area contributed by atoms with Gasteiger partial charge < -0.3 is 9.47 Å². The fourth-order valence-corrected chi connectivity index (χ4v) is 1.94. The molecule has 0 unspecified atom stereocenters. The molecule has 0 amide bonds. The first-order valence-corrected chi connectivity index (χ1v) is 7.11. The van der Waals surface area contributed by atoms with E-state index in [1.54, 1.807) is 6.92 Å². The molecule has 0 aromatic heterocycles. The number of rotatable bonds is 7. The van der Waals surface area contributed by atoms with E-state index in [9.17, 15) is 4.79 Å². The molecule has 3 nitrogen and oxygen atoms in total. The lowest BCUT2D eigenvalue weighted by molar-refractivity contribution is -0.139. The van der Waals surface area contributed by atoms with Gasteiger partial charge in [-0.05, 0) is 42.7 Å². The van der Waals surface area contributed by atoms with Crippen molar-refractivity contribution in [2.45, 2.75) is 19.8 Å². The fraction of sp³-hybridized carbons (Fsp3) is 0.278. The van der Waals surface area contributed by atoms with Crippen LogP contribution in [-0.4, -0.2) is 19.2 Å². The van der Waals surface area contributed by atoms with Crippen molar-refractivity contribution in [3.63, 3.8) is 0 Å². The van der Waals surface area contributed by atoms with Crippen molar-refractivity contribution in [1.82, 2.24) is 0 Å². The number of esters is 1. The first-order valence-electron chi connectivity index (χ1n) is 7.11. The van der Waals surface area contributed by atoms with E-state index >= 15 is 0 Å². The Kier molecular flexibility index (Phi) is 5.38. The van der Waals surface area contributed by atoms with Gasteiger partial charge in [-0.3, -0.25) is 0 Å². The second kappa shape index (κ2) is 7.48. The summed E-state index contributed by atoms with van der Waals surface area (Å²) >= 11 is 0. The first kappa shape index (κ1) is 15.1. The summed E-state index contributed by atoms with van der Waals surface area (Å²) in [4.78, 5) is 11.2. The van der Waals surface area contributed by atoms with Gasteiger partial charge in [0.1, 0.15) is 5.75 Å². The Labute approximate surface area is 125 Å². The van der Waals surface area contributed by atoms with Crippen LogP contribution in [0.2, 0.25) is 0 Å². The van der Waals surface area contributed by atoms with E-state index in [0.29, 0.717) is 18.8 Å². The number of fused-ring (bicyclic) bond motifs is 1. The van der Waals surface area contributed by atoms with Crippen LogP contribution in [0.15, 0.2) is 54.6 Å². The van der Waals surface area contributed by atoms with Crippen LogP contribution >= 0.6 is 0 Å². The van der Waals surface area contributed by atoms with Crippen LogP contribution in [0.1, 0.15) is 19.8 Å². The van der Waals surface area contributed by atoms with Crippen LogP contribution in [0.25, 0.3) is 10.8 Å². The highest BCUT2D eigenvalue weighted by atomic mass is 16.5. The van der Waals surface area contributed by atoms with Gasteiger partial charge in [0.2, 0.25) is 0 Å². The Morgan fingerprint density at radius 3 is 2.52 bits per heavy atom. The number of unbranched alkanes of at least 4 members (excludes halogenated alkanes) is 1. The molecule has 2 rings (SSSR count). The van der Waals surface area contributed by atoms with Gasteiger partial charge in [0.25, 0.3) is 0 Å². The Hall–Kier alpha value is -2.29. The smallest absolute Gasteiger partial charge is 0.333 e. The van der Waals surface area contributed by atoms with Gasteiger partial charge in [0.05, 0.1) is 13.2 Å². The van der Waals surface area contributed by atoms with E-state index in [-0.39, 0.29) is 5.97 Å². The molecule has 0 atom stereocenters. The van der Waals surface area contributed by atoms with Crippen molar-refractivity contribution in [2.75, 3.05) is 13.2 Å². The molecule has 0 aliphatic carbocycles. The predicted octanol–water partition coefficient (Wildman–Crippen LogP) is 4.12. The zero-order valence-corrected chi connectivity index (χ0v) is 12.3. The van der Waals surface area contributed by atoms with Gasteiger partial charge in [-0.2, -0.15) is 0 Å². The summed E-state index contributed by atoms with van der Waals surface area (Å²) in [5.74, 6) is 0.540. The molecule has 0 aliphatic heterocycles. The first-order chi connectivity index (χ1) is 10.2. The number of hydrogen-bond donors (Lipinski definition) is 0. The molecule has 2 aromatic rings. The van der Waals surface area contributed by atoms with Crippen molar-refractivity contribution in [1.29, 1.82) is 0 Å². The van der Waals surface area contributed by atoms with E-state index in [4.69, 9.17) is 9.47 Å².